The molecule has 0 saturated carbocycles. The van der Waals surface area contributed by atoms with Gasteiger partial charge in [0, 0.05) is 24.2 Å². The molecule has 0 N–H and O–H groups in total. The van der Waals surface area contributed by atoms with E-state index in [1.165, 1.54) is 0 Å². The highest BCUT2D eigenvalue weighted by atomic mass is 35.5. The third kappa shape index (κ3) is 4.70. The Morgan fingerprint density at radius 3 is 2.36 bits per heavy atom. The zero-order chi connectivity index (χ0) is 25.2. The summed E-state index contributed by atoms with van der Waals surface area (Å²) in [5.74, 6) is -0.468. The Kier molecular flexibility index (Phi) is 6.72. The summed E-state index contributed by atoms with van der Waals surface area (Å²) in [6.07, 6.45) is 0. The van der Waals surface area contributed by atoms with E-state index in [0.29, 0.717) is 38.2 Å². The summed E-state index contributed by atoms with van der Waals surface area (Å²) in [6, 6.07) is 29.0. The molecule has 180 valence electrons. The molecule has 2 amide bonds. The van der Waals surface area contributed by atoms with Crippen LogP contribution in [0.4, 0.5) is 5.69 Å². The van der Waals surface area contributed by atoms with E-state index < -0.39 is 10.8 Å². The number of halogens is 1. The first-order chi connectivity index (χ1) is 17.4. The highest BCUT2D eigenvalue weighted by Gasteiger charge is 2.31. The van der Waals surface area contributed by atoms with Crippen LogP contribution in [0.3, 0.4) is 0 Å². The standard InChI is InChI=1S/C29H23ClN2O3S/c1-31(18-20-8-3-2-4-9-20)28(33)22-14-15-27-25(17-22)32(19-21-10-7-11-23(30)16-21)29(34)24-12-5-6-13-26(24)36(27)35/h2-17H,18-19H2,1H3/t36-/m1/s1. The largest absolute Gasteiger partial charge is 0.337 e. The summed E-state index contributed by atoms with van der Waals surface area (Å²) in [7, 11) is 0.152. The van der Waals surface area contributed by atoms with Crippen LogP contribution in [0, 0.1) is 0 Å². The molecule has 0 unspecified atom stereocenters. The number of fused-ring (bicyclic) bond motifs is 2. The van der Waals surface area contributed by atoms with E-state index in [-0.39, 0.29) is 18.4 Å². The van der Waals surface area contributed by atoms with Crippen molar-refractivity contribution in [2.24, 2.45) is 0 Å². The molecule has 0 saturated heterocycles. The van der Waals surface area contributed by atoms with Crippen LogP contribution in [-0.2, 0) is 23.9 Å². The number of carbonyl (C=O) groups excluding carboxylic acids is 2. The third-order valence-corrected chi connectivity index (χ3v) is 7.83. The predicted octanol–water partition coefficient (Wildman–Crippen LogP) is 5.94. The number of anilines is 1. The lowest BCUT2D eigenvalue weighted by Gasteiger charge is -2.24. The second kappa shape index (κ2) is 10.1. The summed E-state index contributed by atoms with van der Waals surface area (Å²) >= 11 is 6.20. The molecular formula is C29H23ClN2O3S. The minimum Gasteiger partial charge on any atom is -0.337 e. The van der Waals surface area contributed by atoms with Crippen molar-refractivity contribution in [2.75, 3.05) is 11.9 Å². The lowest BCUT2D eigenvalue weighted by Crippen LogP contribution is -2.31. The summed E-state index contributed by atoms with van der Waals surface area (Å²) < 4.78 is 13.6. The van der Waals surface area contributed by atoms with Crippen LogP contribution in [0.25, 0.3) is 0 Å². The third-order valence-electron chi connectivity index (χ3n) is 6.10. The monoisotopic (exact) mass is 514 g/mol. The molecule has 36 heavy (non-hydrogen) atoms. The first kappa shape index (κ1) is 24.0. The minimum atomic E-state index is -1.59. The summed E-state index contributed by atoms with van der Waals surface area (Å²) in [5, 5.41) is 0.561. The van der Waals surface area contributed by atoms with Gasteiger partial charge in [0.25, 0.3) is 11.8 Å². The quantitative estimate of drug-likeness (QED) is 0.331. The molecule has 0 aromatic heterocycles. The second-order valence-electron chi connectivity index (χ2n) is 8.62. The van der Waals surface area contributed by atoms with Crippen molar-refractivity contribution in [1.82, 2.24) is 4.90 Å². The van der Waals surface area contributed by atoms with Gasteiger partial charge in [-0.15, -0.1) is 0 Å². The number of carbonyl (C=O) groups is 2. The van der Waals surface area contributed by atoms with Gasteiger partial charge in [0.05, 0.1) is 38.4 Å². The zero-order valence-electron chi connectivity index (χ0n) is 19.6. The van der Waals surface area contributed by atoms with E-state index >= 15 is 0 Å². The summed E-state index contributed by atoms with van der Waals surface area (Å²) in [6.45, 7) is 0.661. The number of benzene rings is 4. The lowest BCUT2D eigenvalue weighted by atomic mass is 10.1. The van der Waals surface area contributed by atoms with Crippen molar-refractivity contribution in [3.8, 4) is 0 Å². The maximum absolute atomic E-state index is 13.8. The average Bonchev–Trinajstić information content (AvgIpc) is 2.98. The van der Waals surface area contributed by atoms with Gasteiger partial charge in [0.2, 0.25) is 0 Å². The molecule has 1 aliphatic heterocycles. The number of rotatable bonds is 5. The number of hydrogen-bond donors (Lipinski definition) is 0. The smallest absolute Gasteiger partial charge is 0.259 e. The molecule has 0 fully saturated rings. The first-order valence-electron chi connectivity index (χ1n) is 11.4. The molecule has 0 spiro atoms. The van der Waals surface area contributed by atoms with E-state index in [1.807, 2.05) is 42.5 Å². The fourth-order valence-electron chi connectivity index (χ4n) is 4.32. The van der Waals surface area contributed by atoms with Crippen LogP contribution in [0.2, 0.25) is 5.02 Å². The molecule has 0 radical (unpaired) electrons. The van der Waals surface area contributed by atoms with Gasteiger partial charge in [-0.2, -0.15) is 0 Å². The van der Waals surface area contributed by atoms with Gasteiger partial charge >= 0.3 is 0 Å². The summed E-state index contributed by atoms with van der Waals surface area (Å²) in [5.41, 5.74) is 3.08. The maximum atomic E-state index is 13.8. The number of nitrogens with zero attached hydrogens (tertiary/aromatic N) is 2. The van der Waals surface area contributed by atoms with E-state index in [4.69, 9.17) is 11.6 Å². The molecule has 7 heteroatoms. The van der Waals surface area contributed by atoms with Crippen molar-refractivity contribution in [3.63, 3.8) is 0 Å². The number of hydrogen-bond acceptors (Lipinski definition) is 3. The van der Waals surface area contributed by atoms with Crippen molar-refractivity contribution in [2.45, 2.75) is 22.9 Å². The summed E-state index contributed by atoms with van der Waals surface area (Å²) in [4.78, 5) is 31.2. The molecule has 4 aromatic rings. The van der Waals surface area contributed by atoms with Gasteiger partial charge in [-0.25, -0.2) is 4.21 Å². The molecule has 1 aliphatic rings. The van der Waals surface area contributed by atoms with E-state index in [0.717, 1.165) is 11.1 Å². The molecule has 0 bridgehead atoms. The molecule has 5 rings (SSSR count). The van der Waals surface area contributed by atoms with Gasteiger partial charge < -0.3 is 9.80 Å². The van der Waals surface area contributed by atoms with Gasteiger partial charge in [-0.05, 0) is 53.6 Å². The molecule has 5 nitrogen and oxygen atoms in total. The minimum absolute atomic E-state index is 0.190. The lowest BCUT2D eigenvalue weighted by molar-refractivity contribution is 0.0784. The highest BCUT2D eigenvalue weighted by molar-refractivity contribution is 7.85. The second-order valence-corrected chi connectivity index (χ2v) is 10.5. The Morgan fingerprint density at radius 2 is 1.58 bits per heavy atom. The van der Waals surface area contributed by atoms with Gasteiger partial charge in [0.15, 0.2) is 0 Å². The highest BCUT2D eigenvalue weighted by Crippen LogP contribution is 2.36. The predicted molar refractivity (Wildman–Crippen MR) is 142 cm³/mol. The Morgan fingerprint density at radius 1 is 0.861 bits per heavy atom. The van der Waals surface area contributed by atoms with Gasteiger partial charge in [-0.1, -0.05) is 66.2 Å². The van der Waals surface area contributed by atoms with Crippen molar-refractivity contribution >= 4 is 39.9 Å². The van der Waals surface area contributed by atoms with E-state index in [2.05, 4.69) is 0 Å². The Balaban J connectivity index is 1.57. The topological polar surface area (TPSA) is 57.7 Å². The number of amides is 2. The molecule has 0 aliphatic carbocycles. The Labute approximate surface area is 217 Å². The Hall–Kier alpha value is -3.74. The maximum Gasteiger partial charge on any atom is 0.259 e. The molecule has 1 heterocycles. The van der Waals surface area contributed by atoms with Crippen LogP contribution in [0.1, 0.15) is 31.8 Å². The zero-order valence-corrected chi connectivity index (χ0v) is 21.1. The van der Waals surface area contributed by atoms with Crippen LogP contribution in [0.5, 0.6) is 0 Å². The fraction of sp³-hybridized carbons (Fsp3) is 0.103. The van der Waals surface area contributed by atoms with E-state index in [9.17, 15) is 13.8 Å². The Bertz CT molecular complexity index is 1490. The molecule has 1 atom stereocenters. The molecular weight excluding hydrogens is 492 g/mol. The SMILES string of the molecule is CN(Cc1ccccc1)C(=O)c1ccc2c(c1)N(Cc1cccc(Cl)c1)C(=O)c1ccccc1[S@]2=O. The van der Waals surface area contributed by atoms with Crippen LogP contribution in [-0.4, -0.2) is 28.0 Å². The van der Waals surface area contributed by atoms with Gasteiger partial charge in [0.1, 0.15) is 0 Å². The van der Waals surface area contributed by atoms with Crippen molar-refractivity contribution in [1.29, 1.82) is 0 Å². The van der Waals surface area contributed by atoms with Crippen LogP contribution < -0.4 is 4.90 Å². The van der Waals surface area contributed by atoms with Crippen molar-refractivity contribution in [3.05, 3.63) is 124 Å². The average molecular weight is 515 g/mol. The molecule has 4 aromatic carbocycles. The van der Waals surface area contributed by atoms with Crippen LogP contribution in [0.15, 0.2) is 107 Å². The first-order valence-corrected chi connectivity index (χ1v) is 13.0. The normalized spacial score (nSPS) is 14.6. The van der Waals surface area contributed by atoms with E-state index in [1.54, 1.807) is 71.4 Å². The fourth-order valence-corrected chi connectivity index (χ4v) is 5.88. The van der Waals surface area contributed by atoms with Crippen molar-refractivity contribution < 1.29 is 13.8 Å². The van der Waals surface area contributed by atoms with Gasteiger partial charge in [-0.3, -0.25) is 9.59 Å². The van der Waals surface area contributed by atoms with Crippen LogP contribution >= 0.6 is 11.6 Å².